The number of fused-ring (bicyclic) bond motifs is 1. The maximum atomic E-state index is 12.3. The van der Waals surface area contributed by atoms with Crippen LogP contribution in [-0.2, 0) is 13.1 Å². The highest BCUT2D eigenvalue weighted by Crippen LogP contribution is 2.13. The predicted molar refractivity (Wildman–Crippen MR) is 97.6 cm³/mol. The highest BCUT2D eigenvalue weighted by Gasteiger charge is 2.14. The third-order valence-electron chi connectivity index (χ3n) is 4.71. The zero-order valence-electron chi connectivity index (χ0n) is 14.9. The maximum absolute atomic E-state index is 12.3. The van der Waals surface area contributed by atoms with E-state index in [9.17, 15) is 4.79 Å². The van der Waals surface area contributed by atoms with Crippen LogP contribution in [0.5, 0.6) is 0 Å². The number of nitrogens with one attached hydrogen (secondary N) is 1. The summed E-state index contributed by atoms with van der Waals surface area (Å²) in [6.45, 7) is 5.74. The molecule has 0 spiro atoms. The van der Waals surface area contributed by atoms with E-state index in [4.69, 9.17) is 0 Å². The first-order valence-corrected chi connectivity index (χ1v) is 8.96. The second-order valence-electron chi connectivity index (χ2n) is 6.72. The molecular weight excluding hydrogens is 328 g/mol. The van der Waals surface area contributed by atoms with Crippen molar-refractivity contribution in [1.29, 1.82) is 0 Å². The summed E-state index contributed by atoms with van der Waals surface area (Å²) in [6.07, 6.45) is 4.26. The van der Waals surface area contributed by atoms with Crippen LogP contribution in [0.3, 0.4) is 0 Å². The normalized spacial score (nSPS) is 14.8. The van der Waals surface area contributed by atoms with E-state index in [1.165, 1.54) is 31.5 Å². The monoisotopic (exact) mass is 350 g/mol. The summed E-state index contributed by atoms with van der Waals surface area (Å²) in [5, 5.41) is 7.09. The molecule has 4 rings (SSSR count). The van der Waals surface area contributed by atoms with Gasteiger partial charge in [-0.2, -0.15) is 4.98 Å². The maximum Gasteiger partial charge on any atom is 0.291 e. The molecule has 0 bridgehead atoms. The molecule has 0 atom stereocenters. The Morgan fingerprint density at radius 2 is 1.85 bits per heavy atom. The van der Waals surface area contributed by atoms with Gasteiger partial charge in [-0.1, -0.05) is 24.3 Å². The number of rotatable bonds is 5. The van der Waals surface area contributed by atoms with E-state index < -0.39 is 0 Å². The van der Waals surface area contributed by atoms with Gasteiger partial charge in [0.1, 0.15) is 0 Å². The number of carbonyl (C=O) groups is 1. The minimum absolute atomic E-state index is 0.137. The van der Waals surface area contributed by atoms with Crippen LogP contribution in [0.2, 0.25) is 0 Å². The molecule has 0 radical (unpaired) electrons. The Balaban J connectivity index is 1.36. The minimum Gasteiger partial charge on any atom is -0.345 e. The minimum atomic E-state index is -0.295. The predicted octanol–water partition coefficient (Wildman–Crippen LogP) is 1.96. The zero-order chi connectivity index (χ0) is 17.9. The van der Waals surface area contributed by atoms with Gasteiger partial charge in [-0.15, -0.1) is 5.10 Å². The zero-order valence-corrected chi connectivity index (χ0v) is 14.9. The molecule has 3 heterocycles. The number of hydrogen-bond donors (Lipinski definition) is 1. The largest absolute Gasteiger partial charge is 0.345 e. The van der Waals surface area contributed by atoms with Crippen molar-refractivity contribution in [2.75, 3.05) is 13.1 Å². The van der Waals surface area contributed by atoms with Crippen LogP contribution in [-0.4, -0.2) is 43.5 Å². The molecule has 1 N–H and O–H groups in total. The van der Waals surface area contributed by atoms with Crippen LogP contribution in [0.25, 0.3) is 5.78 Å². The second-order valence-corrected chi connectivity index (χ2v) is 6.72. The van der Waals surface area contributed by atoms with Crippen LogP contribution in [0.4, 0.5) is 0 Å². The van der Waals surface area contributed by atoms with E-state index in [1.807, 2.05) is 13.0 Å². The Labute approximate surface area is 152 Å². The van der Waals surface area contributed by atoms with Gasteiger partial charge in [0.05, 0.1) is 0 Å². The summed E-state index contributed by atoms with van der Waals surface area (Å²) in [4.78, 5) is 23.1. The van der Waals surface area contributed by atoms with Crippen LogP contribution >= 0.6 is 0 Å². The first-order valence-electron chi connectivity index (χ1n) is 8.96. The van der Waals surface area contributed by atoms with Gasteiger partial charge in [-0.3, -0.25) is 9.69 Å². The third-order valence-corrected chi connectivity index (χ3v) is 4.71. The molecule has 1 amide bonds. The lowest BCUT2D eigenvalue weighted by molar-refractivity contribution is 0.0940. The van der Waals surface area contributed by atoms with Gasteiger partial charge in [-0.25, -0.2) is 9.50 Å². The van der Waals surface area contributed by atoms with Crippen molar-refractivity contribution >= 4 is 11.7 Å². The van der Waals surface area contributed by atoms with Crippen molar-refractivity contribution in [3.8, 4) is 0 Å². The molecule has 7 nitrogen and oxygen atoms in total. The molecule has 0 aliphatic carbocycles. The van der Waals surface area contributed by atoms with Gasteiger partial charge in [-0.05, 0) is 50.0 Å². The molecule has 0 saturated carbocycles. The number of aromatic nitrogens is 4. The van der Waals surface area contributed by atoms with Crippen molar-refractivity contribution in [3.05, 3.63) is 59.2 Å². The number of aryl methyl sites for hydroxylation is 1. The molecule has 2 aromatic heterocycles. The van der Waals surface area contributed by atoms with Crippen LogP contribution < -0.4 is 5.32 Å². The van der Waals surface area contributed by atoms with Gasteiger partial charge in [0.25, 0.3) is 11.7 Å². The van der Waals surface area contributed by atoms with E-state index in [1.54, 1.807) is 10.7 Å². The number of likely N-dealkylation sites (tertiary alicyclic amines) is 1. The van der Waals surface area contributed by atoms with Crippen molar-refractivity contribution in [2.45, 2.75) is 32.9 Å². The fourth-order valence-electron chi connectivity index (χ4n) is 3.23. The first-order chi connectivity index (χ1) is 12.7. The smallest absolute Gasteiger partial charge is 0.291 e. The molecule has 1 saturated heterocycles. The standard InChI is InChI=1S/C19H22N6O/c1-14-8-9-20-19-22-17(23-25(14)19)18(26)21-12-15-4-6-16(7-5-15)13-24-10-2-3-11-24/h4-9H,2-3,10-13H2,1H3,(H,21,26). The summed E-state index contributed by atoms with van der Waals surface area (Å²) in [5.74, 6) is 0.273. The summed E-state index contributed by atoms with van der Waals surface area (Å²) < 4.78 is 1.57. The topological polar surface area (TPSA) is 75.4 Å². The fourth-order valence-corrected chi connectivity index (χ4v) is 3.23. The molecule has 0 unspecified atom stereocenters. The molecule has 1 aliphatic rings. The number of benzene rings is 1. The molecule has 134 valence electrons. The Hall–Kier alpha value is -2.80. The second kappa shape index (κ2) is 7.21. The quantitative estimate of drug-likeness (QED) is 0.761. The van der Waals surface area contributed by atoms with E-state index in [0.29, 0.717) is 12.3 Å². The molecule has 1 fully saturated rings. The third kappa shape index (κ3) is 3.57. The lowest BCUT2D eigenvalue weighted by Gasteiger charge is -2.14. The number of carbonyl (C=O) groups excluding carboxylic acids is 1. The number of amides is 1. The van der Waals surface area contributed by atoms with E-state index in [-0.39, 0.29) is 11.7 Å². The van der Waals surface area contributed by atoms with E-state index >= 15 is 0 Å². The Bertz CT molecular complexity index is 911. The van der Waals surface area contributed by atoms with Gasteiger partial charge < -0.3 is 5.32 Å². The summed E-state index contributed by atoms with van der Waals surface area (Å²) >= 11 is 0. The Morgan fingerprint density at radius 1 is 1.12 bits per heavy atom. The summed E-state index contributed by atoms with van der Waals surface area (Å²) in [5.41, 5.74) is 3.25. The molecule has 3 aromatic rings. The van der Waals surface area contributed by atoms with Crippen molar-refractivity contribution in [1.82, 2.24) is 29.8 Å². The van der Waals surface area contributed by atoms with Crippen molar-refractivity contribution < 1.29 is 4.79 Å². The lowest BCUT2D eigenvalue weighted by Crippen LogP contribution is -2.24. The highest BCUT2D eigenvalue weighted by atomic mass is 16.2. The Kier molecular flexibility index (Phi) is 4.62. The van der Waals surface area contributed by atoms with Gasteiger partial charge in [0.2, 0.25) is 5.82 Å². The van der Waals surface area contributed by atoms with Crippen molar-refractivity contribution in [3.63, 3.8) is 0 Å². The summed E-state index contributed by atoms with van der Waals surface area (Å²) in [7, 11) is 0. The van der Waals surface area contributed by atoms with Gasteiger partial charge in [0.15, 0.2) is 0 Å². The molecule has 1 aliphatic heterocycles. The number of nitrogens with zero attached hydrogens (tertiary/aromatic N) is 5. The average Bonchev–Trinajstić information content (AvgIpc) is 3.31. The highest BCUT2D eigenvalue weighted by molar-refractivity contribution is 5.90. The molecular formula is C19H22N6O. The van der Waals surface area contributed by atoms with Crippen molar-refractivity contribution in [2.24, 2.45) is 0 Å². The molecule has 7 heteroatoms. The SMILES string of the molecule is Cc1ccnc2nc(C(=O)NCc3ccc(CN4CCCC4)cc3)nn12. The van der Waals surface area contributed by atoms with Gasteiger partial charge >= 0.3 is 0 Å². The molecule has 26 heavy (non-hydrogen) atoms. The van der Waals surface area contributed by atoms with E-state index in [2.05, 4.69) is 49.5 Å². The fraction of sp³-hybridized carbons (Fsp3) is 0.368. The van der Waals surface area contributed by atoms with Crippen LogP contribution in [0.15, 0.2) is 36.5 Å². The van der Waals surface area contributed by atoms with E-state index in [0.717, 1.165) is 17.8 Å². The van der Waals surface area contributed by atoms with Crippen LogP contribution in [0, 0.1) is 6.92 Å². The summed E-state index contributed by atoms with van der Waals surface area (Å²) in [6, 6.07) is 10.2. The molecule has 1 aromatic carbocycles. The average molecular weight is 350 g/mol. The lowest BCUT2D eigenvalue weighted by atomic mass is 10.1. The van der Waals surface area contributed by atoms with Crippen LogP contribution in [0.1, 0.15) is 40.3 Å². The number of hydrogen-bond acceptors (Lipinski definition) is 5. The van der Waals surface area contributed by atoms with Gasteiger partial charge in [0, 0.05) is 25.0 Å². The Morgan fingerprint density at radius 3 is 2.58 bits per heavy atom. The first kappa shape index (κ1) is 16.7.